The maximum atomic E-state index is 13.1. The van der Waals surface area contributed by atoms with Crippen molar-refractivity contribution in [1.82, 2.24) is 9.80 Å². The normalized spacial score (nSPS) is 21.0. The van der Waals surface area contributed by atoms with Gasteiger partial charge in [0.2, 0.25) is 5.91 Å². The third-order valence-corrected chi connectivity index (χ3v) is 7.61. The van der Waals surface area contributed by atoms with Crippen molar-refractivity contribution in [3.8, 4) is 0 Å². The van der Waals surface area contributed by atoms with Gasteiger partial charge in [0.1, 0.15) is 4.88 Å². The predicted molar refractivity (Wildman–Crippen MR) is 119 cm³/mol. The molecule has 1 aromatic heterocycles. The first kappa shape index (κ1) is 22.2. The lowest BCUT2D eigenvalue weighted by Gasteiger charge is -2.37. The zero-order valence-electron chi connectivity index (χ0n) is 16.9. The molecule has 32 heavy (non-hydrogen) atoms. The molecule has 0 saturated carbocycles. The van der Waals surface area contributed by atoms with E-state index in [9.17, 15) is 29.6 Å². The summed E-state index contributed by atoms with van der Waals surface area (Å²) >= 11 is 7.51. The van der Waals surface area contributed by atoms with Crippen LogP contribution >= 0.6 is 22.9 Å². The maximum Gasteiger partial charge on any atom is 0.307 e. The van der Waals surface area contributed by atoms with E-state index >= 15 is 0 Å². The van der Waals surface area contributed by atoms with Crippen molar-refractivity contribution < 1.29 is 24.4 Å². The Morgan fingerprint density at radius 3 is 2.31 bits per heavy atom. The topological polar surface area (TPSA) is 121 Å². The third-order valence-electron chi connectivity index (χ3n) is 5.96. The molecule has 1 aliphatic heterocycles. The van der Waals surface area contributed by atoms with Crippen LogP contribution in [0.2, 0.25) is 5.02 Å². The standard InChI is InChI=1S/C21H20ClN3O6S/c22-17-15-6-5-12(25(30)31)11-16(15)32-18(17)20(27)24-9-7-23(8-10-24)19(26)13-3-1-2-4-14(13)21(28)29/h1-2,5-6,11,13-14H,3-4,7-10H2,(H,28,29)/t13-,14-/m1/s1. The molecule has 11 heteroatoms. The van der Waals surface area contributed by atoms with Crippen molar-refractivity contribution in [2.45, 2.75) is 12.8 Å². The molecule has 1 aliphatic carbocycles. The summed E-state index contributed by atoms with van der Waals surface area (Å²) in [5.74, 6) is -2.77. The lowest BCUT2D eigenvalue weighted by molar-refractivity contribution is -0.384. The Labute approximate surface area is 192 Å². The molecule has 1 saturated heterocycles. The van der Waals surface area contributed by atoms with Crippen LogP contribution in [0, 0.1) is 22.0 Å². The summed E-state index contributed by atoms with van der Waals surface area (Å²) in [4.78, 5) is 51.5. The number of hydrogen-bond donors (Lipinski definition) is 1. The first-order valence-electron chi connectivity index (χ1n) is 10.1. The fraction of sp³-hybridized carbons (Fsp3) is 0.381. The Bertz CT molecular complexity index is 1140. The molecule has 2 atom stereocenters. The van der Waals surface area contributed by atoms with Gasteiger partial charge in [-0.15, -0.1) is 11.3 Å². The zero-order valence-corrected chi connectivity index (χ0v) is 18.5. The van der Waals surface area contributed by atoms with E-state index in [1.807, 2.05) is 6.08 Å². The molecule has 1 N–H and O–H groups in total. The van der Waals surface area contributed by atoms with Gasteiger partial charge in [-0.1, -0.05) is 23.8 Å². The lowest BCUT2D eigenvalue weighted by Crippen LogP contribution is -2.53. The van der Waals surface area contributed by atoms with E-state index < -0.39 is 22.7 Å². The molecule has 4 rings (SSSR count). The molecule has 168 valence electrons. The Hall–Kier alpha value is -2.98. The highest BCUT2D eigenvalue weighted by atomic mass is 35.5. The number of carbonyl (C=O) groups is 3. The van der Waals surface area contributed by atoms with Crippen molar-refractivity contribution in [2.24, 2.45) is 11.8 Å². The highest BCUT2D eigenvalue weighted by molar-refractivity contribution is 7.21. The van der Waals surface area contributed by atoms with Gasteiger partial charge in [0, 0.05) is 48.4 Å². The number of carboxylic acid groups (broad SMARTS) is 1. The number of hydrogen-bond acceptors (Lipinski definition) is 6. The molecule has 0 radical (unpaired) electrons. The average molecular weight is 478 g/mol. The number of carboxylic acids is 1. The molecule has 2 aliphatic rings. The van der Waals surface area contributed by atoms with Crippen LogP contribution in [0.5, 0.6) is 0 Å². The lowest BCUT2D eigenvalue weighted by atomic mass is 9.82. The van der Waals surface area contributed by atoms with Crippen molar-refractivity contribution in [2.75, 3.05) is 26.2 Å². The predicted octanol–water partition coefficient (Wildman–Crippen LogP) is 3.41. The number of nitrogens with zero attached hydrogens (tertiary/aromatic N) is 3. The molecule has 2 amide bonds. The van der Waals surface area contributed by atoms with E-state index in [2.05, 4.69) is 0 Å². The van der Waals surface area contributed by atoms with Crippen molar-refractivity contribution in [3.05, 3.63) is 50.4 Å². The smallest absolute Gasteiger partial charge is 0.307 e. The molecule has 2 heterocycles. The highest BCUT2D eigenvalue weighted by Crippen LogP contribution is 2.38. The summed E-state index contributed by atoms with van der Waals surface area (Å²) in [6.45, 7) is 1.22. The van der Waals surface area contributed by atoms with Gasteiger partial charge in [-0.3, -0.25) is 24.5 Å². The van der Waals surface area contributed by atoms with E-state index in [0.717, 1.165) is 11.3 Å². The average Bonchev–Trinajstić information content (AvgIpc) is 3.14. The van der Waals surface area contributed by atoms with E-state index in [-0.39, 0.29) is 22.5 Å². The second kappa shape index (κ2) is 8.87. The summed E-state index contributed by atoms with van der Waals surface area (Å²) < 4.78 is 0.562. The van der Waals surface area contributed by atoms with Gasteiger partial charge in [0.15, 0.2) is 0 Å². The largest absolute Gasteiger partial charge is 0.481 e. The molecular weight excluding hydrogens is 458 g/mol. The number of fused-ring (bicyclic) bond motifs is 1. The summed E-state index contributed by atoms with van der Waals surface area (Å²) in [5.41, 5.74) is -0.0706. The quantitative estimate of drug-likeness (QED) is 0.409. The van der Waals surface area contributed by atoms with Crippen LogP contribution in [-0.4, -0.2) is 63.8 Å². The number of allylic oxidation sites excluding steroid dienone is 2. The van der Waals surface area contributed by atoms with Crippen molar-refractivity contribution in [3.63, 3.8) is 0 Å². The number of aliphatic carboxylic acids is 1. The van der Waals surface area contributed by atoms with Crippen LogP contribution in [0.25, 0.3) is 10.1 Å². The maximum absolute atomic E-state index is 13.1. The van der Waals surface area contributed by atoms with E-state index in [4.69, 9.17) is 11.6 Å². The SMILES string of the molecule is O=C(O)[C@@H]1CC=CC[C@H]1C(=O)N1CCN(C(=O)c2sc3cc([N+](=O)[O-])ccc3c2Cl)CC1. The molecule has 1 aromatic carbocycles. The van der Waals surface area contributed by atoms with E-state index in [1.54, 1.807) is 15.9 Å². The van der Waals surface area contributed by atoms with Crippen LogP contribution in [0.3, 0.4) is 0 Å². The monoisotopic (exact) mass is 477 g/mol. The van der Waals surface area contributed by atoms with Gasteiger partial charge in [0.05, 0.1) is 21.8 Å². The minimum atomic E-state index is -0.971. The molecule has 1 fully saturated rings. The number of rotatable bonds is 4. The fourth-order valence-corrected chi connectivity index (χ4v) is 5.69. The number of nitro benzene ring substituents is 1. The number of thiophene rings is 1. The first-order chi connectivity index (χ1) is 15.3. The van der Waals surface area contributed by atoms with Crippen LogP contribution in [0.1, 0.15) is 22.5 Å². The van der Waals surface area contributed by atoms with E-state index in [1.165, 1.54) is 18.2 Å². The van der Waals surface area contributed by atoms with Gasteiger partial charge < -0.3 is 14.9 Å². The van der Waals surface area contributed by atoms with Gasteiger partial charge in [-0.25, -0.2) is 0 Å². The van der Waals surface area contributed by atoms with Crippen molar-refractivity contribution >= 4 is 56.5 Å². The number of carbonyl (C=O) groups excluding carboxylic acids is 2. The molecule has 0 spiro atoms. The number of non-ortho nitro benzene ring substituents is 1. The molecule has 2 aromatic rings. The van der Waals surface area contributed by atoms with Gasteiger partial charge in [-0.05, 0) is 18.9 Å². The second-order valence-corrected chi connectivity index (χ2v) is 9.22. The molecule has 0 bridgehead atoms. The minimum absolute atomic E-state index is 0.0706. The molecular formula is C21H20ClN3O6S. The summed E-state index contributed by atoms with van der Waals surface area (Å²) in [7, 11) is 0. The highest BCUT2D eigenvalue weighted by Gasteiger charge is 2.37. The van der Waals surface area contributed by atoms with Crippen molar-refractivity contribution in [1.29, 1.82) is 0 Å². The molecule has 9 nitrogen and oxygen atoms in total. The Morgan fingerprint density at radius 2 is 1.69 bits per heavy atom. The number of amides is 2. The van der Waals surface area contributed by atoms with Gasteiger partial charge >= 0.3 is 5.97 Å². The summed E-state index contributed by atoms with van der Waals surface area (Å²) in [5, 5.41) is 21.3. The molecule has 0 unspecified atom stereocenters. The van der Waals surface area contributed by atoms with Crippen LogP contribution in [-0.2, 0) is 9.59 Å². The van der Waals surface area contributed by atoms with Gasteiger partial charge in [-0.2, -0.15) is 0 Å². The summed E-state index contributed by atoms with van der Waals surface area (Å²) in [6, 6.07) is 4.29. The summed E-state index contributed by atoms with van der Waals surface area (Å²) in [6.07, 6.45) is 4.38. The zero-order chi connectivity index (χ0) is 23.0. The minimum Gasteiger partial charge on any atom is -0.481 e. The Kier molecular flexibility index (Phi) is 6.16. The fourth-order valence-electron chi connectivity index (χ4n) is 4.17. The van der Waals surface area contributed by atoms with Crippen LogP contribution in [0.15, 0.2) is 30.4 Å². The van der Waals surface area contributed by atoms with Crippen LogP contribution < -0.4 is 0 Å². The third kappa shape index (κ3) is 4.07. The Morgan fingerprint density at radius 1 is 1.06 bits per heavy atom. The second-order valence-electron chi connectivity index (χ2n) is 7.79. The van der Waals surface area contributed by atoms with Crippen LogP contribution in [0.4, 0.5) is 5.69 Å². The number of piperazine rings is 1. The van der Waals surface area contributed by atoms with Gasteiger partial charge in [0.25, 0.3) is 11.6 Å². The van der Waals surface area contributed by atoms with E-state index in [0.29, 0.717) is 54.0 Å². The first-order valence-corrected chi connectivity index (χ1v) is 11.3. The Balaban J connectivity index is 1.45. The number of benzene rings is 1. The number of nitro groups is 1. The number of halogens is 1.